The molecule has 1 N–H and O–H groups in total. The molecule has 0 radical (unpaired) electrons. The molecule has 0 aliphatic carbocycles. The van der Waals surface area contributed by atoms with Crippen molar-refractivity contribution in [2.75, 3.05) is 13.1 Å². The molecule has 0 aromatic heterocycles. The van der Waals surface area contributed by atoms with Gasteiger partial charge < -0.3 is 15.0 Å². The number of hydrogen-bond donors (Lipinski definition) is 1. The first-order valence-corrected chi connectivity index (χ1v) is 7.69. The zero-order valence-corrected chi connectivity index (χ0v) is 12.6. The van der Waals surface area contributed by atoms with Crippen LogP contribution in [0.15, 0.2) is 0 Å². The van der Waals surface area contributed by atoms with E-state index in [1.807, 2.05) is 25.7 Å². The first-order valence-electron chi connectivity index (χ1n) is 7.69. The average Bonchev–Trinajstić information content (AvgIpc) is 2.80. The van der Waals surface area contributed by atoms with E-state index < -0.39 is 5.60 Å². The van der Waals surface area contributed by atoms with Crippen LogP contribution in [0.2, 0.25) is 0 Å². The second-order valence-corrected chi connectivity index (χ2v) is 6.85. The minimum Gasteiger partial charge on any atom is -0.444 e. The zero-order chi connectivity index (χ0) is 13.9. The van der Waals surface area contributed by atoms with Crippen molar-refractivity contribution in [3.05, 3.63) is 0 Å². The fourth-order valence-corrected chi connectivity index (χ4v) is 3.09. The first-order chi connectivity index (χ1) is 8.96. The van der Waals surface area contributed by atoms with Crippen LogP contribution >= 0.6 is 0 Å². The van der Waals surface area contributed by atoms with Gasteiger partial charge in [0, 0.05) is 18.6 Å². The number of nitrogens with one attached hydrogen (secondary N) is 1. The number of rotatable bonds is 2. The molecule has 2 heterocycles. The van der Waals surface area contributed by atoms with E-state index in [9.17, 15) is 4.79 Å². The van der Waals surface area contributed by atoms with Gasteiger partial charge in [0.1, 0.15) is 5.60 Å². The summed E-state index contributed by atoms with van der Waals surface area (Å²) in [6, 6.07) is 0.951. The van der Waals surface area contributed by atoms with E-state index in [1.54, 1.807) is 0 Å². The Kier molecular flexibility index (Phi) is 4.71. The smallest absolute Gasteiger partial charge is 0.410 e. The largest absolute Gasteiger partial charge is 0.444 e. The monoisotopic (exact) mass is 268 g/mol. The van der Waals surface area contributed by atoms with Crippen LogP contribution in [0.3, 0.4) is 0 Å². The van der Waals surface area contributed by atoms with E-state index in [0.717, 1.165) is 32.4 Å². The van der Waals surface area contributed by atoms with Gasteiger partial charge in [-0.1, -0.05) is 0 Å². The Morgan fingerprint density at radius 3 is 2.68 bits per heavy atom. The quantitative estimate of drug-likeness (QED) is 0.837. The highest BCUT2D eigenvalue weighted by atomic mass is 16.6. The summed E-state index contributed by atoms with van der Waals surface area (Å²) in [5.74, 6) is 0. The molecule has 2 rings (SSSR count). The molecule has 4 nitrogen and oxygen atoms in total. The number of piperidine rings is 1. The van der Waals surface area contributed by atoms with Crippen LogP contribution in [0.5, 0.6) is 0 Å². The number of hydrogen-bond acceptors (Lipinski definition) is 3. The fraction of sp³-hybridized carbons (Fsp3) is 0.933. The molecule has 0 aromatic carbocycles. The third-order valence-corrected chi connectivity index (χ3v) is 3.97. The minimum atomic E-state index is -0.398. The van der Waals surface area contributed by atoms with Gasteiger partial charge in [0.15, 0.2) is 0 Å². The lowest BCUT2D eigenvalue weighted by Gasteiger charge is -2.37. The van der Waals surface area contributed by atoms with Crippen molar-refractivity contribution in [3.8, 4) is 0 Å². The van der Waals surface area contributed by atoms with E-state index in [0.29, 0.717) is 12.1 Å². The third kappa shape index (κ3) is 4.37. The molecule has 0 saturated carbocycles. The maximum Gasteiger partial charge on any atom is 0.410 e. The van der Waals surface area contributed by atoms with Crippen molar-refractivity contribution < 1.29 is 9.53 Å². The molecule has 4 heteroatoms. The Morgan fingerprint density at radius 2 is 2.05 bits per heavy atom. The molecule has 1 unspecified atom stereocenters. The molecule has 1 amide bonds. The van der Waals surface area contributed by atoms with Crippen molar-refractivity contribution >= 4 is 6.09 Å². The van der Waals surface area contributed by atoms with Crippen LogP contribution in [0.1, 0.15) is 59.3 Å². The van der Waals surface area contributed by atoms with Gasteiger partial charge in [0.2, 0.25) is 0 Å². The maximum absolute atomic E-state index is 12.3. The third-order valence-electron chi connectivity index (χ3n) is 3.97. The number of carbonyl (C=O) groups is 1. The topological polar surface area (TPSA) is 41.6 Å². The summed E-state index contributed by atoms with van der Waals surface area (Å²) in [7, 11) is 0. The van der Waals surface area contributed by atoms with Crippen molar-refractivity contribution in [1.29, 1.82) is 0 Å². The van der Waals surface area contributed by atoms with Crippen LogP contribution in [-0.4, -0.2) is 41.8 Å². The summed E-state index contributed by atoms with van der Waals surface area (Å²) in [6.07, 6.45) is 6.93. The predicted octanol–water partition coefficient (Wildman–Crippen LogP) is 2.92. The molecule has 2 saturated heterocycles. The van der Waals surface area contributed by atoms with E-state index in [2.05, 4.69) is 5.32 Å². The Balaban J connectivity index is 1.92. The molecule has 0 aromatic rings. The SMILES string of the molecule is CC(C)(C)OC(=O)N1CCCCC1C[C@@H]1CCCN1. The summed E-state index contributed by atoms with van der Waals surface area (Å²) < 4.78 is 5.54. The van der Waals surface area contributed by atoms with E-state index in [1.165, 1.54) is 19.3 Å². The number of ether oxygens (including phenoxy) is 1. The number of carbonyl (C=O) groups excluding carboxylic acids is 1. The maximum atomic E-state index is 12.3. The molecule has 2 atom stereocenters. The summed E-state index contributed by atoms with van der Waals surface area (Å²) in [4.78, 5) is 14.2. The fourth-order valence-electron chi connectivity index (χ4n) is 3.09. The van der Waals surface area contributed by atoms with Crippen LogP contribution in [0.4, 0.5) is 4.79 Å². The van der Waals surface area contributed by atoms with Gasteiger partial charge in [0.05, 0.1) is 0 Å². The summed E-state index contributed by atoms with van der Waals surface area (Å²) in [6.45, 7) is 7.78. The summed E-state index contributed by atoms with van der Waals surface area (Å²) >= 11 is 0. The highest BCUT2D eigenvalue weighted by Crippen LogP contribution is 2.25. The number of likely N-dealkylation sites (tertiary alicyclic amines) is 1. The van der Waals surface area contributed by atoms with E-state index >= 15 is 0 Å². The molecule has 0 bridgehead atoms. The Morgan fingerprint density at radius 1 is 1.26 bits per heavy atom. The highest BCUT2D eigenvalue weighted by molar-refractivity contribution is 5.68. The highest BCUT2D eigenvalue weighted by Gasteiger charge is 2.32. The molecule has 19 heavy (non-hydrogen) atoms. The van der Waals surface area contributed by atoms with Gasteiger partial charge in [-0.05, 0) is 65.8 Å². The molecule has 110 valence electrons. The van der Waals surface area contributed by atoms with Crippen molar-refractivity contribution in [2.45, 2.75) is 77.0 Å². The van der Waals surface area contributed by atoms with Crippen LogP contribution in [-0.2, 0) is 4.74 Å². The molecule has 2 fully saturated rings. The predicted molar refractivity (Wildman–Crippen MR) is 76.2 cm³/mol. The zero-order valence-electron chi connectivity index (χ0n) is 12.6. The Labute approximate surface area is 116 Å². The molecule has 2 aliphatic rings. The normalized spacial score (nSPS) is 28.5. The lowest BCUT2D eigenvalue weighted by molar-refractivity contribution is 0.00791. The second kappa shape index (κ2) is 6.12. The van der Waals surface area contributed by atoms with Gasteiger partial charge in [-0.3, -0.25) is 0 Å². The van der Waals surface area contributed by atoms with Gasteiger partial charge in [0.25, 0.3) is 0 Å². The molecule has 2 aliphatic heterocycles. The Hall–Kier alpha value is -0.770. The van der Waals surface area contributed by atoms with Crippen molar-refractivity contribution in [3.63, 3.8) is 0 Å². The number of nitrogens with zero attached hydrogens (tertiary/aromatic N) is 1. The minimum absolute atomic E-state index is 0.129. The van der Waals surface area contributed by atoms with E-state index in [-0.39, 0.29) is 6.09 Å². The van der Waals surface area contributed by atoms with Gasteiger partial charge in [-0.25, -0.2) is 4.79 Å². The molecule has 0 spiro atoms. The van der Waals surface area contributed by atoms with Crippen LogP contribution in [0, 0.1) is 0 Å². The van der Waals surface area contributed by atoms with Gasteiger partial charge in [-0.2, -0.15) is 0 Å². The van der Waals surface area contributed by atoms with Crippen molar-refractivity contribution in [2.24, 2.45) is 0 Å². The second-order valence-electron chi connectivity index (χ2n) is 6.85. The van der Waals surface area contributed by atoms with Crippen LogP contribution in [0.25, 0.3) is 0 Å². The van der Waals surface area contributed by atoms with Gasteiger partial charge >= 0.3 is 6.09 Å². The molecular formula is C15H28N2O2. The lowest BCUT2D eigenvalue weighted by Crippen LogP contribution is -2.48. The average molecular weight is 268 g/mol. The standard InChI is InChI=1S/C15H28N2O2/c1-15(2,3)19-14(18)17-10-5-4-8-13(17)11-12-7-6-9-16-12/h12-13,16H,4-11H2,1-3H3/t12-,13?/m0/s1. The first kappa shape index (κ1) is 14.6. The Bertz CT molecular complexity index is 306. The van der Waals surface area contributed by atoms with E-state index in [4.69, 9.17) is 4.74 Å². The summed E-state index contributed by atoms with van der Waals surface area (Å²) in [5, 5.41) is 3.53. The van der Waals surface area contributed by atoms with Gasteiger partial charge in [-0.15, -0.1) is 0 Å². The van der Waals surface area contributed by atoms with Crippen molar-refractivity contribution in [1.82, 2.24) is 10.2 Å². The molecular weight excluding hydrogens is 240 g/mol. The summed E-state index contributed by atoms with van der Waals surface area (Å²) in [5.41, 5.74) is -0.398. The lowest BCUT2D eigenvalue weighted by atomic mass is 9.95. The van der Waals surface area contributed by atoms with Crippen LogP contribution < -0.4 is 5.32 Å². The number of amides is 1.